The first-order chi connectivity index (χ1) is 6.20. The minimum Gasteiger partial charge on any atom is -0.327 e. The zero-order valence-electron chi connectivity index (χ0n) is 9.47. The first kappa shape index (κ1) is 12.9. The molecule has 2 unspecified atom stereocenters. The molecule has 2 atom stereocenters. The molecule has 0 spiro atoms. The fraction of sp³-hybridized carbons (Fsp3) is 1.00. The third-order valence-electron chi connectivity index (χ3n) is 2.52. The predicted octanol–water partition coefficient (Wildman–Crippen LogP) is 2.14. The lowest BCUT2D eigenvalue weighted by atomic mass is 10.1. The number of hydrogen-bond acceptors (Lipinski definition) is 2. The van der Waals surface area contributed by atoms with Crippen molar-refractivity contribution in [2.45, 2.75) is 52.5 Å². The van der Waals surface area contributed by atoms with Gasteiger partial charge in [-0.2, -0.15) is 0 Å². The van der Waals surface area contributed by atoms with Crippen LogP contribution in [-0.4, -0.2) is 19.1 Å². The number of unbranched alkanes of at least 4 members (excludes halogenated alkanes) is 1. The van der Waals surface area contributed by atoms with E-state index < -0.39 is 0 Å². The van der Waals surface area contributed by atoms with Gasteiger partial charge in [0.2, 0.25) is 0 Å². The molecule has 0 amide bonds. The van der Waals surface area contributed by atoms with E-state index in [1.165, 1.54) is 19.3 Å². The molecule has 0 aliphatic carbocycles. The van der Waals surface area contributed by atoms with Gasteiger partial charge < -0.3 is 11.1 Å². The Kier molecular flexibility index (Phi) is 8.46. The Bertz CT molecular complexity index is 104. The van der Waals surface area contributed by atoms with E-state index in [0.717, 1.165) is 25.4 Å². The molecule has 0 aromatic carbocycles. The molecule has 0 aliphatic heterocycles. The van der Waals surface area contributed by atoms with Crippen LogP contribution in [-0.2, 0) is 0 Å². The molecular formula is C11H26N2. The molecule has 2 heteroatoms. The number of nitrogens with one attached hydrogen (secondary N) is 1. The van der Waals surface area contributed by atoms with Crippen LogP contribution >= 0.6 is 0 Å². The average Bonchev–Trinajstić information content (AvgIpc) is 2.14. The van der Waals surface area contributed by atoms with E-state index in [-0.39, 0.29) is 0 Å². The molecule has 0 fully saturated rings. The first-order valence-corrected chi connectivity index (χ1v) is 5.66. The molecule has 0 heterocycles. The van der Waals surface area contributed by atoms with Gasteiger partial charge in [-0.1, -0.05) is 40.0 Å². The van der Waals surface area contributed by atoms with Gasteiger partial charge in [-0.25, -0.2) is 0 Å². The van der Waals surface area contributed by atoms with Crippen molar-refractivity contribution in [1.29, 1.82) is 0 Å². The van der Waals surface area contributed by atoms with Gasteiger partial charge in [-0.15, -0.1) is 0 Å². The van der Waals surface area contributed by atoms with Gasteiger partial charge in [0.25, 0.3) is 0 Å². The maximum Gasteiger partial charge on any atom is 0.0165 e. The van der Waals surface area contributed by atoms with E-state index in [1.54, 1.807) is 0 Å². The van der Waals surface area contributed by atoms with Crippen molar-refractivity contribution < 1.29 is 0 Å². The molecule has 0 saturated carbocycles. The van der Waals surface area contributed by atoms with Crippen LogP contribution in [0.25, 0.3) is 0 Å². The van der Waals surface area contributed by atoms with Gasteiger partial charge in [0, 0.05) is 12.6 Å². The highest BCUT2D eigenvalue weighted by Gasteiger charge is 2.02. The SMILES string of the molecule is CCCCC(N)CNCC(C)CC. The van der Waals surface area contributed by atoms with Crippen molar-refractivity contribution in [2.24, 2.45) is 11.7 Å². The third kappa shape index (κ3) is 8.26. The lowest BCUT2D eigenvalue weighted by Crippen LogP contribution is -2.35. The summed E-state index contributed by atoms with van der Waals surface area (Å²) in [6, 6.07) is 0.351. The second-order valence-electron chi connectivity index (χ2n) is 4.07. The lowest BCUT2D eigenvalue weighted by molar-refractivity contribution is 0.463. The molecule has 0 saturated heterocycles. The molecule has 0 aliphatic rings. The Morgan fingerprint density at radius 1 is 1.23 bits per heavy atom. The molecule has 2 nitrogen and oxygen atoms in total. The van der Waals surface area contributed by atoms with Gasteiger partial charge in [0.1, 0.15) is 0 Å². The Labute approximate surface area is 83.3 Å². The highest BCUT2D eigenvalue weighted by atomic mass is 14.9. The van der Waals surface area contributed by atoms with Crippen LogP contribution < -0.4 is 11.1 Å². The Hall–Kier alpha value is -0.0800. The van der Waals surface area contributed by atoms with Gasteiger partial charge >= 0.3 is 0 Å². The fourth-order valence-corrected chi connectivity index (χ4v) is 1.23. The monoisotopic (exact) mass is 186 g/mol. The Morgan fingerprint density at radius 3 is 2.46 bits per heavy atom. The van der Waals surface area contributed by atoms with E-state index in [4.69, 9.17) is 5.73 Å². The smallest absolute Gasteiger partial charge is 0.0165 e. The molecule has 0 rings (SSSR count). The highest BCUT2D eigenvalue weighted by molar-refractivity contribution is 4.65. The van der Waals surface area contributed by atoms with E-state index >= 15 is 0 Å². The minimum absolute atomic E-state index is 0.351. The van der Waals surface area contributed by atoms with Crippen LogP contribution in [0.15, 0.2) is 0 Å². The van der Waals surface area contributed by atoms with Crippen molar-refractivity contribution >= 4 is 0 Å². The molecule has 80 valence electrons. The second-order valence-corrected chi connectivity index (χ2v) is 4.07. The summed E-state index contributed by atoms with van der Waals surface area (Å²) < 4.78 is 0. The van der Waals surface area contributed by atoms with Crippen LogP contribution in [0.2, 0.25) is 0 Å². The molecule has 0 aromatic heterocycles. The standard InChI is InChI=1S/C11H26N2/c1-4-6-7-11(12)9-13-8-10(3)5-2/h10-11,13H,4-9,12H2,1-3H3. The topological polar surface area (TPSA) is 38.0 Å². The van der Waals surface area contributed by atoms with Crippen LogP contribution in [0.4, 0.5) is 0 Å². The molecular weight excluding hydrogens is 160 g/mol. The van der Waals surface area contributed by atoms with Crippen molar-refractivity contribution in [3.8, 4) is 0 Å². The highest BCUT2D eigenvalue weighted by Crippen LogP contribution is 1.99. The van der Waals surface area contributed by atoms with Gasteiger partial charge in [0.05, 0.1) is 0 Å². The normalized spacial score (nSPS) is 15.7. The summed E-state index contributed by atoms with van der Waals surface area (Å²) in [5, 5.41) is 3.42. The van der Waals surface area contributed by atoms with Crippen LogP contribution in [0.3, 0.4) is 0 Å². The second kappa shape index (κ2) is 8.52. The summed E-state index contributed by atoms with van der Waals surface area (Å²) in [7, 11) is 0. The van der Waals surface area contributed by atoms with Crippen LogP contribution in [0.1, 0.15) is 46.5 Å². The first-order valence-electron chi connectivity index (χ1n) is 5.66. The maximum atomic E-state index is 5.92. The molecule has 0 aromatic rings. The van der Waals surface area contributed by atoms with Crippen molar-refractivity contribution in [3.05, 3.63) is 0 Å². The Morgan fingerprint density at radius 2 is 1.92 bits per heavy atom. The third-order valence-corrected chi connectivity index (χ3v) is 2.52. The van der Waals surface area contributed by atoms with Crippen LogP contribution in [0, 0.1) is 5.92 Å². The maximum absolute atomic E-state index is 5.92. The quantitative estimate of drug-likeness (QED) is 0.609. The molecule has 0 bridgehead atoms. The molecule has 0 radical (unpaired) electrons. The summed E-state index contributed by atoms with van der Waals surface area (Å²) >= 11 is 0. The molecule has 13 heavy (non-hydrogen) atoms. The molecule has 3 N–H and O–H groups in total. The lowest BCUT2D eigenvalue weighted by Gasteiger charge is -2.14. The van der Waals surface area contributed by atoms with Gasteiger partial charge in [-0.3, -0.25) is 0 Å². The van der Waals surface area contributed by atoms with Gasteiger partial charge in [0.15, 0.2) is 0 Å². The summed E-state index contributed by atoms with van der Waals surface area (Å²) in [4.78, 5) is 0. The van der Waals surface area contributed by atoms with E-state index in [9.17, 15) is 0 Å². The van der Waals surface area contributed by atoms with E-state index in [2.05, 4.69) is 26.1 Å². The number of nitrogens with two attached hydrogens (primary N) is 1. The Balaban J connectivity index is 3.21. The van der Waals surface area contributed by atoms with E-state index in [0.29, 0.717) is 6.04 Å². The van der Waals surface area contributed by atoms with Crippen molar-refractivity contribution in [3.63, 3.8) is 0 Å². The fourth-order valence-electron chi connectivity index (χ4n) is 1.23. The summed E-state index contributed by atoms with van der Waals surface area (Å²) in [6.45, 7) is 8.79. The number of rotatable bonds is 8. The average molecular weight is 186 g/mol. The summed E-state index contributed by atoms with van der Waals surface area (Å²) in [6.07, 6.45) is 4.91. The van der Waals surface area contributed by atoms with E-state index in [1.807, 2.05) is 0 Å². The van der Waals surface area contributed by atoms with Crippen molar-refractivity contribution in [1.82, 2.24) is 5.32 Å². The van der Waals surface area contributed by atoms with Crippen LogP contribution in [0.5, 0.6) is 0 Å². The number of hydrogen-bond donors (Lipinski definition) is 2. The predicted molar refractivity (Wildman–Crippen MR) is 59.8 cm³/mol. The largest absolute Gasteiger partial charge is 0.327 e. The van der Waals surface area contributed by atoms with Gasteiger partial charge in [-0.05, 0) is 18.9 Å². The summed E-state index contributed by atoms with van der Waals surface area (Å²) in [5.41, 5.74) is 5.92. The summed E-state index contributed by atoms with van der Waals surface area (Å²) in [5.74, 6) is 0.776. The zero-order valence-corrected chi connectivity index (χ0v) is 9.47. The van der Waals surface area contributed by atoms with Crippen molar-refractivity contribution in [2.75, 3.05) is 13.1 Å². The zero-order chi connectivity index (χ0) is 10.1. The minimum atomic E-state index is 0.351.